The van der Waals surface area contributed by atoms with Crippen LogP contribution in [0.4, 0.5) is 11.4 Å². The van der Waals surface area contributed by atoms with E-state index in [4.69, 9.17) is 5.73 Å². The molecular weight excluding hydrogens is 242 g/mol. The van der Waals surface area contributed by atoms with Crippen LogP contribution in [0.3, 0.4) is 0 Å². The van der Waals surface area contributed by atoms with Crippen molar-refractivity contribution in [2.45, 2.75) is 32.2 Å². The third kappa shape index (κ3) is 3.54. The quantitative estimate of drug-likeness (QED) is 0.774. The first-order chi connectivity index (χ1) is 9.06. The Morgan fingerprint density at radius 3 is 2.47 bits per heavy atom. The average molecular weight is 261 g/mol. The van der Waals surface area contributed by atoms with E-state index in [0.29, 0.717) is 11.4 Å². The summed E-state index contributed by atoms with van der Waals surface area (Å²) in [6, 6.07) is 7.05. The minimum atomic E-state index is -0.138. The van der Waals surface area contributed by atoms with Crippen molar-refractivity contribution in [3.63, 3.8) is 0 Å². The van der Waals surface area contributed by atoms with E-state index in [2.05, 4.69) is 10.6 Å². The molecule has 0 radical (unpaired) electrons. The number of anilines is 2. The number of benzene rings is 1. The molecule has 1 aliphatic rings. The summed E-state index contributed by atoms with van der Waals surface area (Å²) in [4.78, 5) is 23.1. The molecule has 5 heteroatoms. The van der Waals surface area contributed by atoms with E-state index >= 15 is 0 Å². The molecule has 0 heterocycles. The van der Waals surface area contributed by atoms with Gasteiger partial charge in [-0.15, -0.1) is 0 Å². The largest absolute Gasteiger partial charge is 0.327 e. The Bertz CT molecular complexity index is 487. The summed E-state index contributed by atoms with van der Waals surface area (Å²) in [7, 11) is 0. The molecule has 2 unspecified atom stereocenters. The van der Waals surface area contributed by atoms with E-state index < -0.39 is 0 Å². The normalized spacial score (nSPS) is 22.0. The number of rotatable bonds is 3. The summed E-state index contributed by atoms with van der Waals surface area (Å²) < 4.78 is 0. The Labute approximate surface area is 112 Å². The molecule has 1 aromatic carbocycles. The van der Waals surface area contributed by atoms with Gasteiger partial charge in [-0.2, -0.15) is 0 Å². The number of hydrogen-bond donors (Lipinski definition) is 3. The Morgan fingerprint density at radius 2 is 1.89 bits per heavy atom. The van der Waals surface area contributed by atoms with E-state index in [1.165, 1.54) is 6.92 Å². The van der Waals surface area contributed by atoms with Gasteiger partial charge in [0.15, 0.2) is 0 Å². The molecule has 102 valence electrons. The lowest BCUT2D eigenvalue weighted by molar-refractivity contribution is -0.120. The van der Waals surface area contributed by atoms with Gasteiger partial charge in [0.05, 0.1) is 5.92 Å². The first-order valence-electron chi connectivity index (χ1n) is 6.50. The zero-order valence-electron chi connectivity index (χ0n) is 11.0. The Hall–Kier alpha value is -1.88. The van der Waals surface area contributed by atoms with Crippen LogP contribution in [0.2, 0.25) is 0 Å². The first-order valence-corrected chi connectivity index (χ1v) is 6.50. The zero-order valence-corrected chi connectivity index (χ0v) is 11.0. The van der Waals surface area contributed by atoms with Gasteiger partial charge < -0.3 is 16.4 Å². The third-order valence-electron chi connectivity index (χ3n) is 3.36. The van der Waals surface area contributed by atoms with E-state index in [9.17, 15) is 9.59 Å². The molecule has 0 aliphatic heterocycles. The predicted molar refractivity (Wildman–Crippen MR) is 74.7 cm³/mol. The van der Waals surface area contributed by atoms with Crippen molar-refractivity contribution >= 4 is 23.2 Å². The SMILES string of the molecule is CC(=O)Nc1cccc(NC(=O)C2CCCC2N)c1. The Morgan fingerprint density at radius 1 is 1.21 bits per heavy atom. The summed E-state index contributed by atoms with van der Waals surface area (Å²) in [6.07, 6.45) is 2.76. The van der Waals surface area contributed by atoms with E-state index in [1.54, 1.807) is 24.3 Å². The summed E-state index contributed by atoms with van der Waals surface area (Å²) >= 11 is 0. The van der Waals surface area contributed by atoms with Gasteiger partial charge in [0.25, 0.3) is 0 Å². The highest BCUT2D eigenvalue weighted by Gasteiger charge is 2.30. The van der Waals surface area contributed by atoms with E-state index in [1.807, 2.05) is 0 Å². The van der Waals surface area contributed by atoms with Crippen molar-refractivity contribution in [1.29, 1.82) is 0 Å². The van der Waals surface area contributed by atoms with Gasteiger partial charge in [-0.25, -0.2) is 0 Å². The van der Waals surface area contributed by atoms with Crippen molar-refractivity contribution in [3.05, 3.63) is 24.3 Å². The Kier molecular flexibility index (Phi) is 4.16. The molecule has 2 atom stereocenters. The fraction of sp³-hybridized carbons (Fsp3) is 0.429. The zero-order chi connectivity index (χ0) is 13.8. The summed E-state index contributed by atoms with van der Waals surface area (Å²) in [5.74, 6) is -0.282. The number of carbonyl (C=O) groups excluding carboxylic acids is 2. The fourth-order valence-corrected chi connectivity index (χ4v) is 2.43. The fourth-order valence-electron chi connectivity index (χ4n) is 2.43. The van der Waals surface area contributed by atoms with Crippen LogP contribution in [0.5, 0.6) is 0 Å². The second kappa shape index (κ2) is 5.84. The van der Waals surface area contributed by atoms with Crippen molar-refractivity contribution in [2.75, 3.05) is 10.6 Å². The van der Waals surface area contributed by atoms with Crippen LogP contribution in [0.15, 0.2) is 24.3 Å². The van der Waals surface area contributed by atoms with Crippen molar-refractivity contribution < 1.29 is 9.59 Å². The second-order valence-electron chi connectivity index (χ2n) is 4.95. The second-order valence-corrected chi connectivity index (χ2v) is 4.95. The van der Waals surface area contributed by atoms with Crippen LogP contribution in [0, 0.1) is 5.92 Å². The third-order valence-corrected chi connectivity index (χ3v) is 3.36. The Balaban J connectivity index is 2.02. The molecule has 0 aromatic heterocycles. The molecule has 1 aliphatic carbocycles. The summed E-state index contributed by atoms with van der Waals surface area (Å²) in [5, 5.41) is 5.54. The molecule has 1 aromatic rings. The molecule has 2 amide bonds. The molecule has 0 bridgehead atoms. The van der Waals surface area contributed by atoms with Gasteiger partial charge in [-0.3, -0.25) is 9.59 Å². The molecule has 5 nitrogen and oxygen atoms in total. The molecule has 2 rings (SSSR count). The maximum absolute atomic E-state index is 12.1. The summed E-state index contributed by atoms with van der Waals surface area (Å²) in [6.45, 7) is 1.45. The van der Waals surface area contributed by atoms with Crippen LogP contribution < -0.4 is 16.4 Å². The number of nitrogens with one attached hydrogen (secondary N) is 2. The molecule has 0 saturated heterocycles. The standard InChI is InChI=1S/C14H19N3O2/c1-9(18)16-10-4-2-5-11(8-10)17-14(19)12-6-3-7-13(12)15/h2,4-5,8,12-13H,3,6-7,15H2,1H3,(H,16,18)(H,17,19). The molecule has 19 heavy (non-hydrogen) atoms. The van der Waals surface area contributed by atoms with E-state index in [0.717, 1.165) is 19.3 Å². The lowest BCUT2D eigenvalue weighted by Gasteiger charge is -2.15. The van der Waals surface area contributed by atoms with Crippen LogP contribution in [-0.2, 0) is 9.59 Å². The monoisotopic (exact) mass is 261 g/mol. The smallest absolute Gasteiger partial charge is 0.229 e. The van der Waals surface area contributed by atoms with Gasteiger partial charge >= 0.3 is 0 Å². The van der Waals surface area contributed by atoms with Crippen LogP contribution in [0.1, 0.15) is 26.2 Å². The van der Waals surface area contributed by atoms with E-state index in [-0.39, 0.29) is 23.8 Å². The average Bonchev–Trinajstić information content (AvgIpc) is 2.75. The number of carbonyl (C=O) groups is 2. The molecule has 1 saturated carbocycles. The first kappa shape index (κ1) is 13.5. The van der Waals surface area contributed by atoms with Crippen LogP contribution in [-0.4, -0.2) is 17.9 Å². The van der Waals surface area contributed by atoms with Crippen molar-refractivity contribution in [3.8, 4) is 0 Å². The van der Waals surface area contributed by atoms with Gasteiger partial charge in [-0.05, 0) is 31.0 Å². The molecule has 4 N–H and O–H groups in total. The number of nitrogens with two attached hydrogens (primary N) is 1. The van der Waals surface area contributed by atoms with Crippen LogP contribution in [0.25, 0.3) is 0 Å². The maximum Gasteiger partial charge on any atom is 0.229 e. The maximum atomic E-state index is 12.1. The van der Waals surface area contributed by atoms with Gasteiger partial charge in [0, 0.05) is 24.3 Å². The summed E-state index contributed by atoms with van der Waals surface area (Å²) in [5.41, 5.74) is 7.26. The number of amides is 2. The van der Waals surface area contributed by atoms with Gasteiger partial charge in [0.1, 0.15) is 0 Å². The highest BCUT2D eigenvalue weighted by atomic mass is 16.2. The van der Waals surface area contributed by atoms with Gasteiger partial charge in [-0.1, -0.05) is 12.5 Å². The lowest BCUT2D eigenvalue weighted by atomic mass is 10.0. The predicted octanol–water partition coefficient (Wildman–Crippen LogP) is 1.71. The number of hydrogen-bond acceptors (Lipinski definition) is 3. The van der Waals surface area contributed by atoms with Crippen LogP contribution >= 0.6 is 0 Å². The molecular formula is C14H19N3O2. The van der Waals surface area contributed by atoms with Crippen molar-refractivity contribution in [1.82, 2.24) is 0 Å². The minimum absolute atomic E-state index is 0.0371. The van der Waals surface area contributed by atoms with Crippen molar-refractivity contribution in [2.24, 2.45) is 11.7 Å². The topological polar surface area (TPSA) is 84.2 Å². The minimum Gasteiger partial charge on any atom is -0.327 e. The highest BCUT2D eigenvalue weighted by molar-refractivity contribution is 5.94. The molecule has 0 spiro atoms. The van der Waals surface area contributed by atoms with Gasteiger partial charge in [0.2, 0.25) is 11.8 Å². The highest BCUT2D eigenvalue weighted by Crippen LogP contribution is 2.25. The lowest BCUT2D eigenvalue weighted by Crippen LogP contribution is -2.34. The molecule has 1 fully saturated rings.